The van der Waals surface area contributed by atoms with Crippen LogP contribution in [0.25, 0.3) is 21.9 Å². The number of likely N-dealkylation sites (tertiary alicyclic amines) is 1. The molecular formula is C32H42N8O. The molecule has 3 fully saturated rings. The Morgan fingerprint density at radius 3 is 2.34 bits per heavy atom. The van der Waals surface area contributed by atoms with E-state index in [1.807, 2.05) is 30.7 Å². The molecule has 9 nitrogen and oxygen atoms in total. The Labute approximate surface area is 242 Å². The first-order chi connectivity index (χ1) is 20.0. The van der Waals surface area contributed by atoms with Gasteiger partial charge in [-0.15, -0.1) is 0 Å². The first-order valence-corrected chi connectivity index (χ1v) is 15.4. The lowest BCUT2D eigenvalue weighted by Crippen LogP contribution is -2.43. The standard InChI is InChI=1S/C32H42N8O/c1-32(2)13-8-23(9-14-32)40-28-25(10-15-33-30(28)41-3)26-21-35-31(37-29(26)40)36-27-7-6-24(20-34-27)39-18-11-22(12-19-39)38-16-4-5-17-38/h6-7,10,15,20-23H,4-5,8-9,11-14,16-19H2,1-3H3,(H,34,35,36,37). The van der Waals surface area contributed by atoms with E-state index >= 15 is 0 Å². The zero-order valence-corrected chi connectivity index (χ0v) is 24.6. The van der Waals surface area contributed by atoms with Crippen LogP contribution in [0.4, 0.5) is 17.5 Å². The van der Waals surface area contributed by atoms with Crippen LogP contribution in [0.5, 0.6) is 5.88 Å². The summed E-state index contributed by atoms with van der Waals surface area (Å²) in [6.07, 6.45) is 15.5. The molecule has 0 spiro atoms. The molecule has 1 aliphatic carbocycles. The molecule has 3 aliphatic rings. The Hall–Kier alpha value is -3.46. The molecule has 2 saturated heterocycles. The van der Waals surface area contributed by atoms with Crippen LogP contribution in [-0.2, 0) is 0 Å². The number of rotatable bonds is 6. The summed E-state index contributed by atoms with van der Waals surface area (Å²) in [5, 5.41) is 5.48. The van der Waals surface area contributed by atoms with Crippen molar-refractivity contribution >= 4 is 39.4 Å². The molecule has 41 heavy (non-hydrogen) atoms. The van der Waals surface area contributed by atoms with Crippen LogP contribution in [0.2, 0.25) is 0 Å². The Balaban J connectivity index is 1.13. The zero-order chi connectivity index (χ0) is 28.0. The van der Waals surface area contributed by atoms with Gasteiger partial charge < -0.3 is 24.4 Å². The molecule has 0 unspecified atom stereocenters. The van der Waals surface area contributed by atoms with Gasteiger partial charge in [0.2, 0.25) is 11.8 Å². The number of aromatic nitrogens is 5. The maximum atomic E-state index is 5.74. The second-order valence-corrected chi connectivity index (χ2v) is 12.9. The SMILES string of the molecule is COc1nccc2c3cnc(Nc4ccc(N5CCC(N6CCCC6)CC5)cn4)nc3n(C3CCC(C)(C)CC3)c12. The number of nitrogens with one attached hydrogen (secondary N) is 1. The zero-order valence-electron chi connectivity index (χ0n) is 24.6. The molecule has 4 aromatic rings. The topological polar surface area (TPSA) is 84.2 Å². The molecular weight excluding hydrogens is 512 g/mol. The van der Waals surface area contributed by atoms with Crippen LogP contribution >= 0.6 is 0 Å². The van der Waals surface area contributed by atoms with E-state index in [0.717, 1.165) is 59.7 Å². The molecule has 1 N–H and O–H groups in total. The van der Waals surface area contributed by atoms with Crippen LogP contribution in [0.15, 0.2) is 36.8 Å². The maximum Gasteiger partial charge on any atom is 0.238 e. The first kappa shape index (κ1) is 26.4. The smallest absolute Gasteiger partial charge is 0.238 e. The molecule has 1 saturated carbocycles. The van der Waals surface area contributed by atoms with Gasteiger partial charge in [-0.05, 0) is 88.1 Å². The van der Waals surface area contributed by atoms with Gasteiger partial charge in [-0.2, -0.15) is 4.98 Å². The third kappa shape index (κ3) is 5.09. The number of anilines is 3. The molecule has 0 amide bonds. The number of ether oxygens (including phenoxy) is 1. The lowest BCUT2D eigenvalue weighted by atomic mass is 9.75. The highest BCUT2D eigenvalue weighted by Crippen LogP contribution is 2.44. The number of methoxy groups -OCH3 is 1. The molecule has 2 aliphatic heterocycles. The number of nitrogens with zero attached hydrogens (tertiary/aromatic N) is 7. The van der Waals surface area contributed by atoms with Gasteiger partial charge in [0.25, 0.3) is 0 Å². The third-order valence-electron chi connectivity index (χ3n) is 9.76. The summed E-state index contributed by atoms with van der Waals surface area (Å²) >= 11 is 0. The summed E-state index contributed by atoms with van der Waals surface area (Å²) in [6.45, 7) is 9.49. The summed E-state index contributed by atoms with van der Waals surface area (Å²) in [4.78, 5) is 24.2. The lowest BCUT2D eigenvalue weighted by molar-refractivity contribution is 0.197. The van der Waals surface area contributed by atoms with Crippen LogP contribution < -0.4 is 15.0 Å². The summed E-state index contributed by atoms with van der Waals surface area (Å²) in [5.41, 5.74) is 3.50. The fourth-order valence-electron chi connectivity index (χ4n) is 7.30. The van der Waals surface area contributed by atoms with Crippen molar-refractivity contribution in [2.24, 2.45) is 5.41 Å². The minimum absolute atomic E-state index is 0.343. The average molecular weight is 555 g/mol. The van der Waals surface area contributed by atoms with Gasteiger partial charge in [-0.25, -0.2) is 15.0 Å². The predicted molar refractivity (Wildman–Crippen MR) is 164 cm³/mol. The number of pyridine rings is 2. The Kier molecular flexibility index (Phi) is 6.93. The van der Waals surface area contributed by atoms with Gasteiger partial charge in [0, 0.05) is 48.3 Å². The monoisotopic (exact) mass is 554 g/mol. The van der Waals surface area contributed by atoms with E-state index < -0.39 is 0 Å². The van der Waals surface area contributed by atoms with Gasteiger partial charge in [0.1, 0.15) is 17.0 Å². The molecule has 216 valence electrons. The van der Waals surface area contributed by atoms with E-state index in [-0.39, 0.29) is 0 Å². The molecule has 0 bridgehead atoms. The van der Waals surface area contributed by atoms with Crippen molar-refractivity contribution in [1.29, 1.82) is 0 Å². The molecule has 0 radical (unpaired) electrons. The highest BCUT2D eigenvalue weighted by atomic mass is 16.5. The van der Waals surface area contributed by atoms with E-state index in [0.29, 0.717) is 23.3 Å². The minimum atomic E-state index is 0.343. The van der Waals surface area contributed by atoms with Crippen LogP contribution in [-0.4, -0.2) is 68.7 Å². The van der Waals surface area contributed by atoms with Gasteiger partial charge in [0.15, 0.2) is 0 Å². The highest BCUT2D eigenvalue weighted by molar-refractivity contribution is 6.08. The summed E-state index contributed by atoms with van der Waals surface area (Å²) in [7, 11) is 1.69. The Morgan fingerprint density at radius 1 is 0.854 bits per heavy atom. The fourth-order valence-corrected chi connectivity index (χ4v) is 7.30. The number of hydrogen-bond donors (Lipinski definition) is 1. The predicted octanol–water partition coefficient (Wildman–Crippen LogP) is 6.33. The van der Waals surface area contributed by atoms with Gasteiger partial charge >= 0.3 is 0 Å². The van der Waals surface area contributed by atoms with E-state index in [2.05, 4.69) is 44.6 Å². The lowest BCUT2D eigenvalue weighted by Gasteiger charge is -2.37. The van der Waals surface area contributed by atoms with Crippen LogP contribution in [0.1, 0.15) is 71.3 Å². The van der Waals surface area contributed by atoms with Crippen molar-refractivity contribution in [1.82, 2.24) is 29.4 Å². The largest absolute Gasteiger partial charge is 0.479 e. The maximum absolute atomic E-state index is 5.74. The van der Waals surface area contributed by atoms with Crippen molar-refractivity contribution in [3.63, 3.8) is 0 Å². The van der Waals surface area contributed by atoms with Crippen LogP contribution in [0.3, 0.4) is 0 Å². The second-order valence-electron chi connectivity index (χ2n) is 12.9. The van der Waals surface area contributed by atoms with Gasteiger partial charge in [0.05, 0.1) is 19.0 Å². The Morgan fingerprint density at radius 2 is 1.63 bits per heavy atom. The van der Waals surface area contributed by atoms with E-state index in [1.54, 1.807) is 7.11 Å². The molecule has 9 heteroatoms. The summed E-state index contributed by atoms with van der Waals surface area (Å²) < 4.78 is 8.10. The summed E-state index contributed by atoms with van der Waals surface area (Å²) in [5.74, 6) is 1.94. The van der Waals surface area contributed by atoms with Crippen molar-refractivity contribution in [3.8, 4) is 5.88 Å². The van der Waals surface area contributed by atoms with Crippen molar-refractivity contribution < 1.29 is 4.74 Å². The van der Waals surface area contributed by atoms with E-state index in [4.69, 9.17) is 19.7 Å². The van der Waals surface area contributed by atoms with Gasteiger partial charge in [-0.3, -0.25) is 0 Å². The second kappa shape index (κ2) is 10.7. The number of fused-ring (bicyclic) bond motifs is 3. The van der Waals surface area contributed by atoms with Crippen LogP contribution in [0, 0.1) is 5.41 Å². The average Bonchev–Trinajstić information content (AvgIpc) is 3.65. The molecule has 4 aromatic heterocycles. The van der Waals surface area contributed by atoms with Crippen molar-refractivity contribution in [3.05, 3.63) is 36.8 Å². The summed E-state index contributed by atoms with van der Waals surface area (Å²) in [6, 6.07) is 7.36. The fraction of sp³-hybridized carbons (Fsp3) is 0.562. The quantitative estimate of drug-likeness (QED) is 0.296. The minimum Gasteiger partial charge on any atom is -0.479 e. The number of hydrogen-bond acceptors (Lipinski definition) is 8. The van der Waals surface area contributed by atoms with Crippen molar-refractivity contribution in [2.75, 3.05) is 43.5 Å². The molecule has 0 aromatic carbocycles. The molecule has 0 atom stereocenters. The molecule has 6 heterocycles. The number of piperidine rings is 1. The highest BCUT2D eigenvalue weighted by Gasteiger charge is 2.31. The van der Waals surface area contributed by atoms with Crippen molar-refractivity contribution in [2.45, 2.75) is 77.3 Å². The molecule has 7 rings (SSSR count). The third-order valence-corrected chi connectivity index (χ3v) is 9.76. The van der Waals surface area contributed by atoms with E-state index in [1.165, 1.54) is 57.3 Å². The van der Waals surface area contributed by atoms with E-state index in [9.17, 15) is 0 Å². The normalized spacial score (nSPS) is 20.7. The van der Waals surface area contributed by atoms with Gasteiger partial charge in [-0.1, -0.05) is 13.8 Å². The Bertz CT molecular complexity index is 1510. The first-order valence-electron chi connectivity index (χ1n) is 15.4.